The highest BCUT2D eigenvalue weighted by Crippen LogP contribution is 2.30. The van der Waals surface area contributed by atoms with Crippen LogP contribution in [0.3, 0.4) is 0 Å². The number of nitrogens with one attached hydrogen (secondary N) is 2. The molecular weight excluding hydrogens is 430 g/mol. The van der Waals surface area contributed by atoms with Crippen molar-refractivity contribution in [3.63, 3.8) is 0 Å². The van der Waals surface area contributed by atoms with Crippen molar-refractivity contribution in [3.05, 3.63) is 60.7 Å². The first kappa shape index (κ1) is 23.0. The minimum Gasteiger partial charge on any atom is -0.377 e. The van der Waals surface area contributed by atoms with Gasteiger partial charge in [0.05, 0.1) is 16.3 Å². The lowest BCUT2D eigenvalue weighted by molar-refractivity contribution is 0.252. The molecule has 31 heavy (non-hydrogen) atoms. The van der Waals surface area contributed by atoms with E-state index in [1.165, 1.54) is 0 Å². The Morgan fingerprint density at radius 2 is 1.68 bits per heavy atom. The van der Waals surface area contributed by atoms with Crippen LogP contribution < -0.4 is 15.5 Å². The SMILES string of the molecule is CSc1ccccc1NC(=O)NCCCS(=O)(=O)c1cccc2c(N(C)C)cccc12. The molecule has 3 aromatic carbocycles. The summed E-state index contributed by atoms with van der Waals surface area (Å²) < 4.78 is 26.0. The van der Waals surface area contributed by atoms with Crippen LogP contribution in [-0.4, -0.2) is 47.1 Å². The van der Waals surface area contributed by atoms with Crippen LogP contribution in [0.25, 0.3) is 10.8 Å². The van der Waals surface area contributed by atoms with Crippen molar-refractivity contribution >= 4 is 49.8 Å². The molecule has 164 valence electrons. The number of benzene rings is 3. The largest absolute Gasteiger partial charge is 0.377 e. The van der Waals surface area contributed by atoms with Crippen molar-refractivity contribution in [1.29, 1.82) is 0 Å². The monoisotopic (exact) mass is 457 g/mol. The standard InChI is InChI=1S/C23H27N3O3S2/c1-26(2)20-12-6-10-18-17(20)9-7-14-22(18)31(28,29)16-8-15-24-23(27)25-19-11-4-5-13-21(19)30-3/h4-7,9-14H,8,15-16H2,1-3H3,(H2,24,25,27). The van der Waals surface area contributed by atoms with Crippen molar-refractivity contribution in [3.8, 4) is 0 Å². The summed E-state index contributed by atoms with van der Waals surface area (Å²) in [6.07, 6.45) is 2.27. The molecule has 0 unspecified atom stereocenters. The summed E-state index contributed by atoms with van der Waals surface area (Å²) in [4.78, 5) is 15.4. The number of rotatable bonds is 8. The highest BCUT2D eigenvalue weighted by molar-refractivity contribution is 7.98. The first-order valence-electron chi connectivity index (χ1n) is 9.93. The van der Waals surface area contributed by atoms with Crippen LogP contribution >= 0.6 is 11.8 Å². The second-order valence-electron chi connectivity index (χ2n) is 7.28. The zero-order valence-corrected chi connectivity index (χ0v) is 19.5. The molecule has 6 nitrogen and oxygen atoms in total. The molecule has 8 heteroatoms. The summed E-state index contributed by atoms with van der Waals surface area (Å²) in [7, 11) is 0.379. The molecule has 0 atom stereocenters. The number of amides is 2. The summed E-state index contributed by atoms with van der Waals surface area (Å²) >= 11 is 1.55. The first-order chi connectivity index (χ1) is 14.8. The molecule has 0 heterocycles. The molecule has 0 aliphatic heterocycles. The average Bonchev–Trinajstić information content (AvgIpc) is 2.76. The number of urea groups is 1. The van der Waals surface area contributed by atoms with Crippen molar-refractivity contribution < 1.29 is 13.2 Å². The molecule has 2 N–H and O–H groups in total. The minimum atomic E-state index is -3.49. The lowest BCUT2D eigenvalue weighted by Crippen LogP contribution is -2.30. The fourth-order valence-electron chi connectivity index (χ4n) is 3.41. The third-order valence-electron chi connectivity index (χ3n) is 4.91. The van der Waals surface area contributed by atoms with Gasteiger partial charge in [-0.1, -0.05) is 36.4 Å². The van der Waals surface area contributed by atoms with E-state index in [0.29, 0.717) is 16.7 Å². The Hall–Kier alpha value is -2.71. The Labute approximate surface area is 187 Å². The molecule has 3 aromatic rings. The smallest absolute Gasteiger partial charge is 0.319 e. The van der Waals surface area contributed by atoms with Crippen LogP contribution in [-0.2, 0) is 9.84 Å². The summed E-state index contributed by atoms with van der Waals surface area (Å²) in [5.41, 5.74) is 1.70. The van der Waals surface area contributed by atoms with E-state index in [4.69, 9.17) is 0 Å². The van der Waals surface area contributed by atoms with Crippen molar-refractivity contribution in [2.45, 2.75) is 16.2 Å². The van der Waals surface area contributed by atoms with Gasteiger partial charge in [-0.05, 0) is 36.9 Å². The number of fused-ring (bicyclic) bond motifs is 1. The quantitative estimate of drug-likeness (QED) is 0.381. The maximum atomic E-state index is 13.0. The molecule has 0 aliphatic rings. The first-order valence-corrected chi connectivity index (χ1v) is 12.8. The van der Waals surface area contributed by atoms with Gasteiger partial charge in [0.1, 0.15) is 0 Å². The van der Waals surface area contributed by atoms with Gasteiger partial charge in [0.15, 0.2) is 9.84 Å². The fraction of sp³-hybridized carbons (Fsp3) is 0.261. The Bertz CT molecular complexity index is 1180. The number of thioether (sulfide) groups is 1. The van der Waals surface area contributed by atoms with E-state index in [2.05, 4.69) is 10.6 Å². The Morgan fingerprint density at radius 3 is 2.42 bits per heavy atom. The van der Waals surface area contributed by atoms with Gasteiger partial charge in [-0.25, -0.2) is 13.2 Å². The van der Waals surface area contributed by atoms with Crippen molar-refractivity contribution in [2.24, 2.45) is 0 Å². The molecule has 0 fully saturated rings. The number of sulfone groups is 1. The van der Waals surface area contributed by atoms with Crippen molar-refractivity contribution in [2.75, 3.05) is 42.9 Å². The number of anilines is 2. The third-order valence-corrected chi connectivity index (χ3v) is 7.55. The number of carbonyl (C=O) groups excluding carboxylic acids is 1. The normalized spacial score (nSPS) is 11.3. The summed E-state index contributed by atoms with van der Waals surface area (Å²) in [6, 6.07) is 18.2. The zero-order valence-electron chi connectivity index (χ0n) is 17.9. The molecule has 0 saturated carbocycles. The molecular formula is C23H27N3O3S2. The van der Waals surface area contributed by atoms with Gasteiger partial charge in [0.25, 0.3) is 0 Å². The minimum absolute atomic E-state index is 0.0417. The Morgan fingerprint density at radius 1 is 0.968 bits per heavy atom. The Kier molecular flexibility index (Phi) is 7.46. The van der Waals surface area contributed by atoms with E-state index >= 15 is 0 Å². The number of carbonyl (C=O) groups is 1. The van der Waals surface area contributed by atoms with Gasteiger partial charge in [-0.15, -0.1) is 11.8 Å². The van der Waals surface area contributed by atoms with Crippen molar-refractivity contribution in [1.82, 2.24) is 5.32 Å². The highest BCUT2D eigenvalue weighted by atomic mass is 32.2. The fourth-order valence-corrected chi connectivity index (χ4v) is 5.51. The molecule has 2 amide bonds. The molecule has 0 radical (unpaired) electrons. The van der Waals surface area contributed by atoms with E-state index in [0.717, 1.165) is 21.7 Å². The van der Waals surface area contributed by atoms with Gasteiger partial charge in [0, 0.05) is 42.0 Å². The number of para-hydroxylation sites is 1. The van der Waals surface area contributed by atoms with Gasteiger partial charge < -0.3 is 15.5 Å². The summed E-state index contributed by atoms with van der Waals surface area (Å²) in [6.45, 7) is 0.264. The summed E-state index contributed by atoms with van der Waals surface area (Å²) in [5.74, 6) is -0.0417. The maximum Gasteiger partial charge on any atom is 0.319 e. The van der Waals surface area contributed by atoms with E-state index in [9.17, 15) is 13.2 Å². The molecule has 0 aliphatic carbocycles. The predicted molar refractivity (Wildman–Crippen MR) is 130 cm³/mol. The van der Waals surface area contributed by atoms with Gasteiger partial charge in [-0.2, -0.15) is 0 Å². The lowest BCUT2D eigenvalue weighted by atomic mass is 10.1. The van der Waals surface area contributed by atoms with Crippen LogP contribution in [0, 0.1) is 0 Å². The molecule has 0 saturated heterocycles. The van der Waals surface area contributed by atoms with Crippen LogP contribution in [0.5, 0.6) is 0 Å². The third kappa shape index (κ3) is 5.51. The van der Waals surface area contributed by atoms with E-state index in [1.54, 1.807) is 23.9 Å². The van der Waals surface area contributed by atoms with E-state index < -0.39 is 9.84 Å². The van der Waals surface area contributed by atoms with Gasteiger partial charge in [-0.3, -0.25) is 0 Å². The van der Waals surface area contributed by atoms with Crippen LogP contribution in [0.2, 0.25) is 0 Å². The highest BCUT2D eigenvalue weighted by Gasteiger charge is 2.18. The van der Waals surface area contributed by atoms with E-state index in [-0.39, 0.29) is 18.3 Å². The van der Waals surface area contributed by atoms with Gasteiger partial charge in [0.2, 0.25) is 0 Å². The number of nitrogens with zero attached hydrogens (tertiary/aromatic N) is 1. The molecule has 0 aromatic heterocycles. The second kappa shape index (κ2) is 10.1. The topological polar surface area (TPSA) is 78.5 Å². The number of hydrogen-bond donors (Lipinski definition) is 2. The second-order valence-corrected chi connectivity index (χ2v) is 10.2. The molecule has 0 spiro atoms. The summed E-state index contributed by atoms with van der Waals surface area (Å²) in [5, 5.41) is 7.16. The van der Waals surface area contributed by atoms with Crippen LogP contribution in [0.15, 0.2) is 70.5 Å². The molecule has 0 bridgehead atoms. The van der Waals surface area contributed by atoms with E-state index in [1.807, 2.05) is 73.8 Å². The zero-order chi connectivity index (χ0) is 22.4. The molecule has 3 rings (SSSR count). The predicted octanol–water partition coefficient (Wildman–Crippen LogP) is 4.61. The van der Waals surface area contributed by atoms with Crippen LogP contribution in [0.1, 0.15) is 6.42 Å². The number of hydrogen-bond acceptors (Lipinski definition) is 5. The maximum absolute atomic E-state index is 13.0. The van der Waals surface area contributed by atoms with Crippen LogP contribution in [0.4, 0.5) is 16.2 Å². The lowest BCUT2D eigenvalue weighted by Gasteiger charge is -2.17. The average molecular weight is 458 g/mol. The Balaban J connectivity index is 1.63. The van der Waals surface area contributed by atoms with Gasteiger partial charge >= 0.3 is 6.03 Å².